The van der Waals surface area contributed by atoms with Crippen molar-refractivity contribution in [3.63, 3.8) is 0 Å². The van der Waals surface area contributed by atoms with E-state index in [1.807, 2.05) is 0 Å². The van der Waals surface area contributed by atoms with Crippen LogP contribution in [0.2, 0.25) is 52.4 Å². The third-order valence-corrected chi connectivity index (χ3v) is 69.5. The standard InChI is InChI=1S/2C22H21Si.C2H7Si.2ClH.Zr/c2*1-23(2,3)18-14-17-10-7-13-21(22(17)15-18)20-12-6-9-16-8-4-5-11-19(16)20;1-3-2;;;/h2*4-15H,1-3H3;3H,1-2H3;2*1H;/q;;;;;+2/p-2. The van der Waals surface area contributed by atoms with E-state index in [2.05, 4.69) is 186 Å². The number of hydrogen-bond donors (Lipinski definition) is 0. The van der Waals surface area contributed by atoms with Crippen molar-refractivity contribution in [1.82, 2.24) is 0 Å². The molecule has 0 heterocycles. The van der Waals surface area contributed by atoms with Gasteiger partial charge in [0.15, 0.2) is 0 Å². The number of allylic oxidation sites excluding steroid dienone is 2. The van der Waals surface area contributed by atoms with Gasteiger partial charge < -0.3 is 0 Å². The van der Waals surface area contributed by atoms with Crippen molar-refractivity contribution in [3.05, 3.63) is 154 Å². The summed E-state index contributed by atoms with van der Waals surface area (Å²) in [7, 11) is 14.1. The van der Waals surface area contributed by atoms with E-state index < -0.39 is 37.6 Å². The van der Waals surface area contributed by atoms with E-state index in [1.165, 1.54) is 66.1 Å². The van der Waals surface area contributed by atoms with E-state index in [1.54, 1.807) is 10.4 Å². The molecule has 52 heavy (non-hydrogen) atoms. The topological polar surface area (TPSA) is 0 Å². The molecule has 0 radical (unpaired) electrons. The van der Waals surface area contributed by atoms with E-state index in [4.69, 9.17) is 17.0 Å². The predicted molar refractivity (Wildman–Crippen MR) is 237 cm³/mol. The summed E-state index contributed by atoms with van der Waals surface area (Å²) in [5.74, 6) is -1.72. The molecule has 0 N–H and O–H groups in total. The predicted octanol–water partition coefficient (Wildman–Crippen LogP) is 14.6. The molecule has 6 aromatic rings. The Labute approximate surface area is 321 Å². The summed E-state index contributed by atoms with van der Waals surface area (Å²) in [6.07, 6.45) is 5.16. The van der Waals surface area contributed by atoms with Crippen molar-refractivity contribution in [2.45, 2.75) is 59.6 Å². The average Bonchev–Trinajstić information content (AvgIpc) is 3.73. The number of halogens is 2. The van der Waals surface area contributed by atoms with Gasteiger partial charge >= 0.3 is 324 Å². The summed E-state index contributed by atoms with van der Waals surface area (Å²) in [5, 5.41) is 8.23. The first kappa shape index (κ1) is 36.4. The van der Waals surface area contributed by atoms with Crippen LogP contribution in [0.3, 0.4) is 0 Å². The fraction of sp³-hybridized carbons (Fsp3) is 0.217. The van der Waals surface area contributed by atoms with Crippen LogP contribution in [0.15, 0.2) is 132 Å². The second kappa shape index (κ2) is 12.8. The monoisotopic (exact) mass is 845 g/mol. The normalized spacial score (nSPS) is 18.2. The zero-order valence-electron chi connectivity index (χ0n) is 31.7. The fourth-order valence-electron chi connectivity index (χ4n) is 9.52. The van der Waals surface area contributed by atoms with Crippen LogP contribution in [0.25, 0.3) is 56.0 Å². The molecule has 0 amide bonds. The Morgan fingerprint density at radius 3 is 1.19 bits per heavy atom. The van der Waals surface area contributed by atoms with Crippen LogP contribution in [-0.4, -0.2) is 22.1 Å². The van der Waals surface area contributed by atoms with Gasteiger partial charge in [-0.1, -0.05) is 0 Å². The molecule has 0 saturated heterocycles. The van der Waals surface area contributed by atoms with Crippen molar-refractivity contribution < 1.29 is 15.6 Å². The summed E-state index contributed by atoms with van der Waals surface area (Å²) >= 11 is -5.01. The molecule has 8 rings (SSSR count). The first-order valence-electron chi connectivity index (χ1n) is 18.8. The third kappa shape index (κ3) is 5.58. The number of hydrogen-bond acceptors (Lipinski definition) is 0. The summed E-state index contributed by atoms with van der Waals surface area (Å²) in [5.41, 5.74) is 10.6. The molecule has 0 saturated carbocycles. The van der Waals surface area contributed by atoms with E-state index in [0.717, 1.165) is 0 Å². The Morgan fingerprint density at radius 1 is 0.462 bits per heavy atom. The van der Waals surface area contributed by atoms with E-state index >= 15 is 0 Å². The van der Waals surface area contributed by atoms with Gasteiger partial charge in [-0.15, -0.1) is 0 Å². The number of fused-ring (bicyclic) bond motifs is 4. The van der Waals surface area contributed by atoms with E-state index in [0.29, 0.717) is 0 Å². The maximum absolute atomic E-state index is 8.99. The van der Waals surface area contributed by atoms with Crippen LogP contribution < -0.4 is 0 Å². The quantitative estimate of drug-likeness (QED) is 0.140. The molecule has 2 unspecified atom stereocenters. The van der Waals surface area contributed by atoms with Crippen LogP contribution in [0.5, 0.6) is 0 Å². The molecule has 0 aromatic heterocycles. The molecule has 2 aliphatic carbocycles. The van der Waals surface area contributed by atoms with Crippen molar-refractivity contribution >= 4 is 72.8 Å². The van der Waals surface area contributed by atoms with Crippen LogP contribution in [0, 0.1) is 0 Å². The van der Waals surface area contributed by atoms with Crippen molar-refractivity contribution in [3.8, 4) is 22.3 Å². The number of rotatable bonds is 7. The molecule has 0 bridgehead atoms. The molecular formula is C46H49Cl2Si3Zr. The Hall–Kier alpha value is -2.57. The maximum atomic E-state index is 8.99. The average molecular weight is 848 g/mol. The van der Waals surface area contributed by atoms with Crippen molar-refractivity contribution in [1.29, 1.82) is 0 Å². The second-order valence-corrected chi connectivity index (χ2v) is 70.3. The summed E-state index contributed by atoms with van der Waals surface area (Å²) in [6, 6.07) is 45.0. The molecule has 2 atom stereocenters. The minimum absolute atomic E-state index is 0.0879. The van der Waals surface area contributed by atoms with Crippen LogP contribution >= 0.6 is 17.0 Å². The third-order valence-electron chi connectivity index (χ3n) is 12.2. The molecule has 2 aliphatic rings. The van der Waals surface area contributed by atoms with Gasteiger partial charge in [0.25, 0.3) is 0 Å². The van der Waals surface area contributed by atoms with Gasteiger partial charge in [0.1, 0.15) is 0 Å². The zero-order valence-corrected chi connectivity index (χ0v) is 38.8. The Balaban J connectivity index is 1.41. The first-order chi connectivity index (χ1) is 24.6. The van der Waals surface area contributed by atoms with Gasteiger partial charge in [-0.05, 0) is 0 Å². The van der Waals surface area contributed by atoms with Crippen molar-refractivity contribution in [2.24, 2.45) is 0 Å². The molecule has 0 aliphatic heterocycles. The second-order valence-electron chi connectivity index (χ2n) is 17.6. The van der Waals surface area contributed by atoms with E-state index in [9.17, 15) is 0 Å². The first-order valence-corrected chi connectivity index (χ1v) is 42.2. The molecule has 6 aromatic carbocycles. The summed E-state index contributed by atoms with van der Waals surface area (Å²) < 4.78 is 0.176. The Morgan fingerprint density at radius 2 is 0.808 bits per heavy atom. The van der Waals surface area contributed by atoms with Crippen LogP contribution in [0.4, 0.5) is 0 Å². The van der Waals surface area contributed by atoms with Gasteiger partial charge in [-0.2, -0.15) is 0 Å². The van der Waals surface area contributed by atoms with E-state index in [-0.39, 0.29) is 7.25 Å². The summed E-state index contributed by atoms with van der Waals surface area (Å²) in [6.45, 7) is 20.1. The molecule has 0 nitrogen and oxygen atoms in total. The van der Waals surface area contributed by atoms with Gasteiger partial charge in [-0.3, -0.25) is 0 Å². The molecule has 6 heteroatoms. The Bertz CT molecular complexity index is 2300. The van der Waals surface area contributed by atoms with Crippen LogP contribution in [-0.2, 0) is 15.6 Å². The van der Waals surface area contributed by atoms with Gasteiger partial charge in [-0.25, -0.2) is 0 Å². The number of benzene rings is 6. The molecular weight excluding hydrogens is 799 g/mol. The fourth-order valence-corrected chi connectivity index (χ4v) is 56.2. The van der Waals surface area contributed by atoms with Gasteiger partial charge in [0.2, 0.25) is 0 Å². The SMILES string of the molecule is C[SiH](C)[Zr]([Cl])([Cl])([CH]1C([Si](C)(C)C)=Cc2c(-c3cccc4ccccc34)cccc21)[CH]1C([Si](C)(C)C)=Cc2c(-c3cccc4ccccc34)cccc21. The van der Waals surface area contributed by atoms with Gasteiger partial charge in [0.05, 0.1) is 0 Å². The van der Waals surface area contributed by atoms with Gasteiger partial charge in [0, 0.05) is 0 Å². The minimum atomic E-state index is -5.01. The molecule has 0 fully saturated rings. The molecule has 0 spiro atoms. The zero-order chi connectivity index (χ0) is 36.8. The summed E-state index contributed by atoms with van der Waals surface area (Å²) in [4.78, 5) is 0. The molecule has 263 valence electrons. The Kier molecular flexibility index (Phi) is 8.93. The van der Waals surface area contributed by atoms with Crippen molar-refractivity contribution in [2.75, 3.05) is 0 Å². The van der Waals surface area contributed by atoms with Crippen LogP contribution in [0.1, 0.15) is 29.5 Å².